The zero-order chi connectivity index (χ0) is 15.4. The van der Waals surface area contributed by atoms with Crippen molar-refractivity contribution in [1.29, 1.82) is 0 Å². The maximum atomic E-state index is 11.6. The molecule has 0 saturated carbocycles. The number of benzene rings is 1. The Kier molecular flexibility index (Phi) is 4.82. The Hall–Kier alpha value is -2.05. The molecule has 0 radical (unpaired) electrons. The first-order chi connectivity index (χ1) is 10.0. The quantitative estimate of drug-likeness (QED) is 0.494. The minimum absolute atomic E-state index is 0.273. The molecule has 1 aliphatic rings. The van der Waals surface area contributed by atoms with Crippen molar-refractivity contribution in [2.24, 2.45) is 0 Å². The van der Waals surface area contributed by atoms with Crippen LogP contribution in [-0.4, -0.2) is 24.7 Å². The molecule has 0 bridgehead atoms. The highest BCUT2D eigenvalue weighted by Crippen LogP contribution is 2.37. The minimum Gasteiger partial charge on any atom is -0.493 e. The van der Waals surface area contributed by atoms with Crippen LogP contribution < -0.4 is 20.1 Å². The van der Waals surface area contributed by atoms with Gasteiger partial charge in [-0.2, -0.15) is 0 Å². The monoisotopic (exact) mass is 324 g/mol. The molecule has 1 fully saturated rings. The number of nitrogens with one attached hydrogen (secondary N) is 2. The van der Waals surface area contributed by atoms with Crippen molar-refractivity contribution in [2.45, 2.75) is 0 Å². The van der Waals surface area contributed by atoms with Gasteiger partial charge in [0.1, 0.15) is 12.3 Å². The van der Waals surface area contributed by atoms with Gasteiger partial charge in [0, 0.05) is 0 Å². The largest absolute Gasteiger partial charge is 0.493 e. The van der Waals surface area contributed by atoms with Crippen LogP contribution in [-0.2, 0) is 4.79 Å². The van der Waals surface area contributed by atoms with Gasteiger partial charge in [-0.05, 0) is 36.0 Å². The molecule has 1 amide bonds. The van der Waals surface area contributed by atoms with E-state index in [1.54, 1.807) is 24.3 Å². The number of carbonyl (C=O) groups is 1. The fourth-order valence-electron chi connectivity index (χ4n) is 1.75. The van der Waals surface area contributed by atoms with Gasteiger partial charge >= 0.3 is 0 Å². The normalized spacial score (nSPS) is 15.6. The number of halogens is 1. The summed E-state index contributed by atoms with van der Waals surface area (Å²) in [6.07, 6.45) is 3.24. The van der Waals surface area contributed by atoms with E-state index in [0.717, 1.165) is 0 Å². The van der Waals surface area contributed by atoms with E-state index >= 15 is 0 Å². The number of hydrogen-bond acceptors (Lipinski definition) is 4. The second kappa shape index (κ2) is 6.60. The third kappa shape index (κ3) is 3.53. The van der Waals surface area contributed by atoms with Gasteiger partial charge < -0.3 is 14.8 Å². The lowest BCUT2D eigenvalue weighted by Crippen LogP contribution is -2.21. The molecular weight excluding hydrogens is 312 g/mol. The van der Waals surface area contributed by atoms with Crippen molar-refractivity contribution in [3.05, 3.63) is 41.1 Å². The van der Waals surface area contributed by atoms with Crippen LogP contribution in [0.3, 0.4) is 0 Å². The van der Waals surface area contributed by atoms with E-state index in [1.165, 1.54) is 7.11 Å². The Labute approximate surface area is 132 Å². The number of methoxy groups -OCH3 is 1. The first kappa shape index (κ1) is 15.3. The number of rotatable bonds is 5. The van der Waals surface area contributed by atoms with Crippen LogP contribution in [0, 0.1) is 0 Å². The van der Waals surface area contributed by atoms with Crippen molar-refractivity contribution in [3.8, 4) is 11.5 Å². The molecule has 0 unspecified atom stereocenters. The maximum Gasteiger partial charge on any atom is 0.273 e. The van der Waals surface area contributed by atoms with E-state index in [2.05, 4.69) is 17.2 Å². The van der Waals surface area contributed by atoms with Gasteiger partial charge in [0.15, 0.2) is 16.6 Å². The lowest BCUT2D eigenvalue weighted by molar-refractivity contribution is -0.115. The molecule has 110 valence electrons. The minimum atomic E-state index is -0.290. The second-order valence-corrected chi connectivity index (χ2v) is 4.92. The summed E-state index contributed by atoms with van der Waals surface area (Å²) in [5.74, 6) is 0.611. The van der Waals surface area contributed by atoms with Crippen LogP contribution in [0.25, 0.3) is 6.08 Å². The predicted molar refractivity (Wildman–Crippen MR) is 85.5 cm³/mol. The van der Waals surface area contributed by atoms with Crippen LogP contribution in [0.5, 0.6) is 11.5 Å². The third-order valence-electron chi connectivity index (χ3n) is 2.63. The smallest absolute Gasteiger partial charge is 0.273 e. The Bertz CT molecular complexity index is 643. The summed E-state index contributed by atoms with van der Waals surface area (Å²) in [7, 11) is 1.51. The summed E-state index contributed by atoms with van der Waals surface area (Å²) < 4.78 is 10.7. The highest BCUT2D eigenvalue weighted by atomic mass is 35.5. The fourth-order valence-corrected chi connectivity index (χ4v) is 2.23. The number of thiocarbonyl (C=S) groups is 1. The van der Waals surface area contributed by atoms with E-state index in [9.17, 15) is 4.79 Å². The van der Waals surface area contributed by atoms with Crippen LogP contribution in [0.1, 0.15) is 5.56 Å². The van der Waals surface area contributed by atoms with Gasteiger partial charge in [-0.15, -0.1) is 0 Å². The van der Waals surface area contributed by atoms with Gasteiger partial charge in [-0.3, -0.25) is 10.1 Å². The molecule has 2 rings (SSSR count). The molecule has 7 heteroatoms. The Balaban J connectivity index is 2.36. The predicted octanol–water partition coefficient (Wildman–Crippen LogP) is 2.26. The van der Waals surface area contributed by atoms with E-state index in [4.69, 9.17) is 33.3 Å². The summed E-state index contributed by atoms with van der Waals surface area (Å²) in [6, 6.07) is 3.39. The second-order valence-electron chi connectivity index (χ2n) is 4.10. The average Bonchev–Trinajstić information content (AvgIpc) is 2.75. The van der Waals surface area contributed by atoms with E-state index in [0.29, 0.717) is 34.4 Å². The molecule has 5 nitrogen and oxygen atoms in total. The molecule has 0 aromatic heterocycles. The first-order valence-electron chi connectivity index (χ1n) is 6.00. The first-order valence-corrected chi connectivity index (χ1v) is 6.79. The summed E-state index contributed by atoms with van der Waals surface area (Å²) in [5, 5.41) is 5.90. The van der Waals surface area contributed by atoms with Crippen molar-refractivity contribution >= 4 is 40.9 Å². The van der Waals surface area contributed by atoms with Crippen molar-refractivity contribution in [3.63, 3.8) is 0 Å². The summed E-state index contributed by atoms with van der Waals surface area (Å²) >= 11 is 11.1. The third-order valence-corrected chi connectivity index (χ3v) is 3.11. The lowest BCUT2D eigenvalue weighted by atomic mass is 10.1. The highest BCUT2D eigenvalue weighted by molar-refractivity contribution is 7.80. The maximum absolute atomic E-state index is 11.6. The SMILES string of the molecule is C=CCOc1c(Cl)cc(C=C2NC(=S)NC2=O)cc1OC. The molecule has 2 N–H and O–H groups in total. The lowest BCUT2D eigenvalue weighted by Gasteiger charge is -2.12. The molecule has 1 aromatic carbocycles. The molecule has 1 aromatic rings. The Morgan fingerprint density at radius 2 is 2.19 bits per heavy atom. The molecule has 1 heterocycles. The van der Waals surface area contributed by atoms with Crippen molar-refractivity contribution in [2.75, 3.05) is 13.7 Å². The zero-order valence-corrected chi connectivity index (χ0v) is 12.8. The standard InChI is InChI=1S/C14H13ClN2O3S/c1-3-4-20-12-9(15)5-8(7-11(12)19-2)6-10-13(18)17-14(21)16-10/h3,5-7H,1,4H2,2H3,(H2,16,17,18,21). The molecule has 1 aliphatic heterocycles. The number of amides is 1. The van der Waals surface area contributed by atoms with Crippen LogP contribution in [0.2, 0.25) is 5.02 Å². The topological polar surface area (TPSA) is 59.6 Å². The van der Waals surface area contributed by atoms with E-state index < -0.39 is 0 Å². The van der Waals surface area contributed by atoms with Crippen LogP contribution in [0.4, 0.5) is 0 Å². The Morgan fingerprint density at radius 3 is 2.76 bits per heavy atom. The summed E-state index contributed by atoms with van der Waals surface area (Å²) in [6.45, 7) is 3.89. The molecular formula is C14H13ClN2O3S. The van der Waals surface area contributed by atoms with Gasteiger partial charge in [0.2, 0.25) is 0 Å². The molecule has 1 saturated heterocycles. The van der Waals surface area contributed by atoms with Gasteiger partial charge in [0.25, 0.3) is 5.91 Å². The van der Waals surface area contributed by atoms with E-state index in [1.807, 2.05) is 0 Å². The average molecular weight is 325 g/mol. The number of carbonyl (C=O) groups excluding carboxylic acids is 1. The zero-order valence-electron chi connectivity index (χ0n) is 11.2. The summed E-state index contributed by atoms with van der Waals surface area (Å²) in [5.41, 5.74) is 1.03. The van der Waals surface area contributed by atoms with Gasteiger partial charge in [-0.1, -0.05) is 24.3 Å². The Morgan fingerprint density at radius 1 is 1.43 bits per heavy atom. The van der Waals surface area contributed by atoms with Crippen molar-refractivity contribution < 1.29 is 14.3 Å². The molecule has 21 heavy (non-hydrogen) atoms. The van der Waals surface area contributed by atoms with Crippen LogP contribution >= 0.6 is 23.8 Å². The number of ether oxygens (including phenoxy) is 2. The van der Waals surface area contributed by atoms with Crippen molar-refractivity contribution in [1.82, 2.24) is 10.6 Å². The molecule has 0 atom stereocenters. The van der Waals surface area contributed by atoms with Gasteiger partial charge in [-0.25, -0.2) is 0 Å². The van der Waals surface area contributed by atoms with E-state index in [-0.39, 0.29) is 11.0 Å². The number of hydrogen-bond donors (Lipinski definition) is 2. The molecule has 0 spiro atoms. The molecule has 0 aliphatic carbocycles. The van der Waals surface area contributed by atoms with Gasteiger partial charge in [0.05, 0.1) is 12.1 Å². The van der Waals surface area contributed by atoms with Crippen LogP contribution in [0.15, 0.2) is 30.5 Å². The highest BCUT2D eigenvalue weighted by Gasteiger charge is 2.20. The summed E-state index contributed by atoms with van der Waals surface area (Å²) in [4.78, 5) is 11.6. The fraction of sp³-hybridized carbons (Fsp3) is 0.143.